The van der Waals surface area contributed by atoms with Crippen LogP contribution in [0.5, 0.6) is 0 Å². The monoisotopic (exact) mass is 279 g/mol. The average molecular weight is 279 g/mol. The highest BCUT2D eigenvalue weighted by atomic mass is 15.3. The molecule has 0 saturated heterocycles. The molecule has 0 aliphatic carbocycles. The maximum absolute atomic E-state index is 5.61. The molecule has 2 N–H and O–H groups in total. The summed E-state index contributed by atoms with van der Waals surface area (Å²) in [4.78, 5) is 6.85. The summed E-state index contributed by atoms with van der Waals surface area (Å²) in [5.74, 6) is 0. The molecule has 20 heavy (non-hydrogen) atoms. The Hall–Kier alpha value is -0.670. The maximum Gasteiger partial charge on any atom is 0.105 e. The third kappa shape index (κ3) is 7.81. The summed E-state index contributed by atoms with van der Waals surface area (Å²) in [6.07, 6.45) is 19.0. The van der Waals surface area contributed by atoms with E-state index in [2.05, 4.69) is 29.0 Å². The van der Waals surface area contributed by atoms with Crippen LogP contribution in [0.3, 0.4) is 0 Å². The van der Waals surface area contributed by atoms with Crippen LogP contribution >= 0.6 is 0 Å². The summed E-state index contributed by atoms with van der Waals surface area (Å²) >= 11 is 0. The van der Waals surface area contributed by atoms with Crippen molar-refractivity contribution in [3.8, 4) is 0 Å². The molecule has 3 heteroatoms. The summed E-state index contributed by atoms with van der Waals surface area (Å²) in [5, 5.41) is 0. The van der Waals surface area contributed by atoms with Crippen LogP contribution in [0, 0.1) is 0 Å². The number of nitrogens with zero attached hydrogens (tertiary/aromatic N) is 2. The van der Waals surface area contributed by atoms with Gasteiger partial charge in [-0.3, -0.25) is 9.89 Å². The van der Waals surface area contributed by atoms with E-state index in [4.69, 9.17) is 5.73 Å². The van der Waals surface area contributed by atoms with Gasteiger partial charge in [0.25, 0.3) is 0 Å². The van der Waals surface area contributed by atoms with Crippen LogP contribution in [0.15, 0.2) is 17.1 Å². The molecule has 0 bridgehead atoms. The Morgan fingerprint density at radius 3 is 2.65 bits per heavy atom. The summed E-state index contributed by atoms with van der Waals surface area (Å²) in [6, 6.07) is 0. The quantitative estimate of drug-likeness (QED) is 0.437. The van der Waals surface area contributed by atoms with Crippen LogP contribution in [-0.4, -0.2) is 36.9 Å². The number of allylic oxidation sites excluding steroid dienone is 1. The van der Waals surface area contributed by atoms with Crippen molar-refractivity contribution in [1.29, 1.82) is 0 Å². The van der Waals surface area contributed by atoms with Crippen LogP contribution in [0.4, 0.5) is 0 Å². The molecule has 0 aromatic carbocycles. The molecule has 1 rings (SSSR count). The lowest BCUT2D eigenvalue weighted by Gasteiger charge is -2.20. The molecule has 3 nitrogen and oxygen atoms in total. The Labute approximate surface area is 125 Å². The first kappa shape index (κ1) is 17.4. The van der Waals surface area contributed by atoms with E-state index in [-0.39, 0.29) is 0 Å². The molecule has 1 aliphatic heterocycles. The van der Waals surface area contributed by atoms with Crippen LogP contribution in [0.25, 0.3) is 0 Å². The SMILES string of the molecule is CCCCCCCCC/C=C/CC1N=CCN1CCN. The van der Waals surface area contributed by atoms with E-state index < -0.39 is 0 Å². The standard InChI is InChI=1S/C17H33N3/c1-2-3-4-5-6-7-8-9-10-11-12-17-19-14-16-20(17)15-13-18/h10-11,14,17H,2-9,12-13,15-16,18H2,1H3/b11-10+. The topological polar surface area (TPSA) is 41.6 Å². The molecule has 0 aromatic rings. The first-order valence-corrected chi connectivity index (χ1v) is 8.49. The molecule has 0 aromatic heterocycles. The van der Waals surface area contributed by atoms with Gasteiger partial charge in [-0.15, -0.1) is 0 Å². The van der Waals surface area contributed by atoms with Crippen LogP contribution in [0.1, 0.15) is 64.7 Å². The Morgan fingerprint density at radius 2 is 1.90 bits per heavy atom. The van der Waals surface area contributed by atoms with Crippen molar-refractivity contribution in [3.05, 3.63) is 12.2 Å². The predicted molar refractivity (Wildman–Crippen MR) is 89.3 cm³/mol. The molecule has 1 unspecified atom stereocenters. The van der Waals surface area contributed by atoms with Crippen LogP contribution in [0.2, 0.25) is 0 Å². The largest absolute Gasteiger partial charge is 0.329 e. The van der Waals surface area contributed by atoms with E-state index in [1.54, 1.807) is 0 Å². The zero-order valence-corrected chi connectivity index (χ0v) is 13.3. The summed E-state index contributed by atoms with van der Waals surface area (Å²) in [7, 11) is 0. The maximum atomic E-state index is 5.61. The minimum absolute atomic E-state index is 0.337. The fraction of sp³-hybridized carbons (Fsp3) is 0.824. The lowest BCUT2D eigenvalue weighted by molar-refractivity contribution is 0.259. The number of unbranched alkanes of at least 4 members (excludes halogenated alkanes) is 7. The first-order chi connectivity index (χ1) is 9.88. The third-order valence-electron chi connectivity index (χ3n) is 3.92. The predicted octanol–water partition coefficient (Wildman–Crippen LogP) is 3.74. The van der Waals surface area contributed by atoms with E-state index in [0.717, 1.165) is 26.1 Å². The minimum Gasteiger partial charge on any atom is -0.329 e. The van der Waals surface area contributed by atoms with Gasteiger partial charge >= 0.3 is 0 Å². The molecule has 0 fully saturated rings. The van der Waals surface area contributed by atoms with E-state index >= 15 is 0 Å². The van der Waals surface area contributed by atoms with Gasteiger partial charge in [0.15, 0.2) is 0 Å². The van der Waals surface area contributed by atoms with Gasteiger partial charge in [0.2, 0.25) is 0 Å². The second-order valence-electron chi connectivity index (χ2n) is 5.71. The lowest BCUT2D eigenvalue weighted by atomic mass is 10.1. The van der Waals surface area contributed by atoms with Crippen molar-refractivity contribution >= 4 is 6.21 Å². The van der Waals surface area contributed by atoms with Crippen molar-refractivity contribution in [3.63, 3.8) is 0 Å². The second kappa shape index (κ2) is 12.1. The molecular weight excluding hydrogens is 246 g/mol. The molecule has 1 heterocycles. The van der Waals surface area contributed by atoms with Gasteiger partial charge in [-0.05, 0) is 12.8 Å². The fourth-order valence-electron chi connectivity index (χ4n) is 2.66. The molecule has 116 valence electrons. The highest BCUT2D eigenvalue weighted by Crippen LogP contribution is 2.12. The summed E-state index contributed by atoms with van der Waals surface area (Å²) in [6.45, 7) is 4.92. The van der Waals surface area contributed by atoms with Crippen molar-refractivity contribution in [2.75, 3.05) is 19.6 Å². The molecule has 1 aliphatic rings. The zero-order valence-electron chi connectivity index (χ0n) is 13.3. The van der Waals surface area contributed by atoms with Crippen molar-refractivity contribution in [2.45, 2.75) is 70.9 Å². The second-order valence-corrected chi connectivity index (χ2v) is 5.71. The molecule has 0 spiro atoms. The minimum atomic E-state index is 0.337. The Kier molecular flexibility index (Phi) is 10.5. The average Bonchev–Trinajstić information content (AvgIpc) is 2.89. The Bertz CT molecular complexity index is 273. The zero-order chi connectivity index (χ0) is 14.5. The van der Waals surface area contributed by atoms with Gasteiger partial charge in [0, 0.05) is 32.3 Å². The molecule has 0 saturated carbocycles. The number of hydrogen-bond donors (Lipinski definition) is 1. The van der Waals surface area contributed by atoms with E-state index in [9.17, 15) is 0 Å². The number of nitrogens with two attached hydrogens (primary N) is 1. The third-order valence-corrected chi connectivity index (χ3v) is 3.92. The molecular formula is C17H33N3. The van der Waals surface area contributed by atoms with Crippen molar-refractivity contribution < 1.29 is 0 Å². The molecule has 0 amide bonds. The Balaban J connectivity index is 1.95. The van der Waals surface area contributed by atoms with Crippen LogP contribution < -0.4 is 5.73 Å². The Morgan fingerprint density at radius 1 is 1.15 bits per heavy atom. The molecule has 0 radical (unpaired) electrons. The normalized spacial score (nSPS) is 19.4. The van der Waals surface area contributed by atoms with Crippen LogP contribution in [-0.2, 0) is 0 Å². The van der Waals surface area contributed by atoms with Gasteiger partial charge in [0.05, 0.1) is 0 Å². The van der Waals surface area contributed by atoms with E-state index in [1.807, 2.05) is 6.21 Å². The van der Waals surface area contributed by atoms with Crippen molar-refractivity contribution in [1.82, 2.24) is 4.90 Å². The number of rotatable bonds is 12. The number of aliphatic imine (C=N–C) groups is 1. The smallest absolute Gasteiger partial charge is 0.105 e. The van der Waals surface area contributed by atoms with Gasteiger partial charge in [0.1, 0.15) is 6.17 Å². The van der Waals surface area contributed by atoms with E-state index in [1.165, 1.54) is 51.4 Å². The highest BCUT2D eigenvalue weighted by molar-refractivity contribution is 5.62. The first-order valence-electron chi connectivity index (χ1n) is 8.49. The van der Waals surface area contributed by atoms with Gasteiger partial charge in [-0.1, -0.05) is 57.6 Å². The lowest BCUT2D eigenvalue weighted by Crippen LogP contribution is -2.34. The summed E-state index contributed by atoms with van der Waals surface area (Å²) in [5.41, 5.74) is 5.61. The fourth-order valence-corrected chi connectivity index (χ4v) is 2.66. The molecule has 1 atom stereocenters. The summed E-state index contributed by atoms with van der Waals surface area (Å²) < 4.78 is 0. The van der Waals surface area contributed by atoms with Gasteiger partial charge in [-0.25, -0.2) is 0 Å². The highest BCUT2D eigenvalue weighted by Gasteiger charge is 2.18. The van der Waals surface area contributed by atoms with Gasteiger partial charge < -0.3 is 5.73 Å². The van der Waals surface area contributed by atoms with Gasteiger partial charge in [-0.2, -0.15) is 0 Å². The number of hydrogen-bond acceptors (Lipinski definition) is 3. The van der Waals surface area contributed by atoms with E-state index in [0.29, 0.717) is 6.17 Å². The van der Waals surface area contributed by atoms with Crippen molar-refractivity contribution in [2.24, 2.45) is 10.7 Å².